The number of methoxy groups -OCH3 is 2. The molecule has 5 heteroatoms. The summed E-state index contributed by atoms with van der Waals surface area (Å²) < 4.78 is 16.5. The van der Waals surface area contributed by atoms with Gasteiger partial charge in [0, 0.05) is 17.1 Å². The Morgan fingerprint density at radius 2 is 1.85 bits per heavy atom. The van der Waals surface area contributed by atoms with Crippen LogP contribution in [0.4, 0.5) is 0 Å². The Bertz CT molecular complexity index is 553. The maximum absolute atomic E-state index is 5.90. The van der Waals surface area contributed by atoms with Crippen LogP contribution in [0.15, 0.2) is 36.5 Å². The second kappa shape index (κ2) is 7.14. The molecule has 20 heavy (non-hydrogen) atoms. The van der Waals surface area contributed by atoms with Gasteiger partial charge in [0.2, 0.25) is 5.88 Å². The van der Waals surface area contributed by atoms with E-state index in [1.54, 1.807) is 20.4 Å². The first-order valence-corrected chi connectivity index (χ1v) is 7.24. The summed E-state index contributed by atoms with van der Waals surface area (Å²) in [5, 5.41) is 0.698. The van der Waals surface area contributed by atoms with E-state index in [4.69, 9.17) is 14.2 Å². The first-order chi connectivity index (χ1) is 9.80. The molecule has 2 aromatic rings. The van der Waals surface area contributed by atoms with E-state index >= 15 is 0 Å². The highest BCUT2D eigenvalue weighted by atomic mass is 79.9. The lowest BCUT2D eigenvalue weighted by Gasteiger charge is -2.14. The summed E-state index contributed by atoms with van der Waals surface area (Å²) in [5.41, 5.74) is 1.92. The largest absolute Gasteiger partial charge is 0.493 e. The van der Waals surface area contributed by atoms with Crippen LogP contribution in [0.5, 0.6) is 17.4 Å². The molecule has 0 fully saturated rings. The van der Waals surface area contributed by atoms with Crippen molar-refractivity contribution in [2.24, 2.45) is 0 Å². The van der Waals surface area contributed by atoms with Gasteiger partial charge < -0.3 is 14.2 Å². The number of aromatic nitrogens is 1. The number of pyridine rings is 1. The number of rotatable bonds is 6. The molecule has 0 saturated carbocycles. The van der Waals surface area contributed by atoms with Crippen LogP contribution >= 0.6 is 15.9 Å². The molecule has 0 atom stereocenters. The number of ether oxygens (including phenoxy) is 3. The topological polar surface area (TPSA) is 40.6 Å². The van der Waals surface area contributed by atoms with E-state index in [1.165, 1.54) is 0 Å². The Morgan fingerprint density at radius 1 is 1.05 bits per heavy atom. The minimum Gasteiger partial charge on any atom is -0.493 e. The van der Waals surface area contributed by atoms with Crippen LogP contribution in [-0.4, -0.2) is 19.2 Å². The fourth-order valence-electron chi connectivity index (χ4n) is 1.86. The molecule has 4 nitrogen and oxygen atoms in total. The molecule has 0 aliphatic carbocycles. The first kappa shape index (κ1) is 14.7. The number of hydrogen-bond donors (Lipinski definition) is 0. The third-order valence-corrected chi connectivity index (χ3v) is 3.44. The fourth-order valence-corrected chi connectivity index (χ4v) is 2.30. The average Bonchev–Trinajstić information content (AvgIpc) is 2.52. The lowest BCUT2D eigenvalue weighted by atomic mass is 10.2. The minimum atomic E-state index is 0.372. The Hall–Kier alpha value is -1.75. The third kappa shape index (κ3) is 3.22. The number of halogens is 1. The molecule has 1 aromatic heterocycles. The zero-order valence-electron chi connectivity index (χ0n) is 11.4. The molecular weight excluding hydrogens is 322 g/mol. The van der Waals surface area contributed by atoms with Crippen LogP contribution < -0.4 is 14.2 Å². The molecule has 2 rings (SSSR count). The quantitative estimate of drug-likeness (QED) is 0.755. The number of benzene rings is 1. The van der Waals surface area contributed by atoms with Crippen LogP contribution in [0.1, 0.15) is 11.1 Å². The Kier molecular flexibility index (Phi) is 5.24. The van der Waals surface area contributed by atoms with Crippen molar-refractivity contribution >= 4 is 15.9 Å². The van der Waals surface area contributed by atoms with Crippen LogP contribution in [0, 0.1) is 0 Å². The molecule has 0 aliphatic heterocycles. The summed E-state index contributed by atoms with van der Waals surface area (Å²) in [6, 6.07) is 9.59. The van der Waals surface area contributed by atoms with Crippen LogP contribution in [0.25, 0.3) is 0 Å². The molecule has 0 N–H and O–H groups in total. The molecule has 106 valence electrons. The summed E-state index contributed by atoms with van der Waals surface area (Å²) in [5.74, 6) is 2.02. The van der Waals surface area contributed by atoms with Gasteiger partial charge in [0.15, 0.2) is 11.5 Å². The van der Waals surface area contributed by atoms with E-state index in [0.29, 0.717) is 23.6 Å². The normalized spacial score (nSPS) is 10.2. The zero-order valence-corrected chi connectivity index (χ0v) is 13.0. The van der Waals surface area contributed by atoms with Crippen molar-refractivity contribution in [1.82, 2.24) is 4.98 Å². The lowest BCUT2D eigenvalue weighted by Crippen LogP contribution is -2.03. The molecule has 0 aliphatic rings. The number of nitrogens with zero attached hydrogens (tertiary/aromatic N) is 1. The second-order valence-corrected chi connectivity index (χ2v) is 4.60. The van der Waals surface area contributed by atoms with E-state index in [1.807, 2.05) is 30.3 Å². The molecule has 0 radical (unpaired) electrons. The fraction of sp³-hybridized carbons (Fsp3) is 0.267. The number of alkyl halides is 1. The summed E-state index contributed by atoms with van der Waals surface area (Å²) in [4.78, 5) is 4.15. The summed E-state index contributed by atoms with van der Waals surface area (Å²) in [6.07, 6.45) is 1.69. The highest BCUT2D eigenvalue weighted by Crippen LogP contribution is 2.33. The Labute approximate surface area is 126 Å². The summed E-state index contributed by atoms with van der Waals surface area (Å²) in [7, 11) is 3.23. The highest BCUT2D eigenvalue weighted by Gasteiger charge is 2.11. The van der Waals surface area contributed by atoms with E-state index in [0.717, 1.165) is 16.9 Å². The van der Waals surface area contributed by atoms with Gasteiger partial charge in [-0.3, -0.25) is 0 Å². The third-order valence-electron chi connectivity index (χ3n) is 2.84. The van der Waals surface area contributed by atoms with Gasteiger partial charge in [0.25, 0.3) is 0 Å². The van der Waals surface area contributed by atoms with Crippen molar-refractivity contribution in [1.29, 1.82) is 0 Å². The monoisotopic (exact) mass is 337 g/mol. The predicted octanol–water partition coefficient (Wildman–Crippen LogP) is 3.57. The number of hydrogen-bond acceptors (Lipinski definition) is 4. The van der Waals surface area contributed by atoms with Gasteiger partial charge in [0.1, 0.15) is 6.61 Å². The predicted molar refractivity (Wildman–Crippen MR) is 80.7 cm³/mol. The van der Waals surface area contributed by atoms with Crippen molar-refractivity contribution in [2.75, 3.05) is 14.2 Å². The molecule has 1 heterocycles. The van der Waals surface area contributed by atoms with Gasteiger partial charge in [-0.25, -0.2) is 4.98 Å². The first-order valence-electron chi connectivity index (χ1n) is 6.12. The van der Waals surface area contributed by atoms with Gasteiger partial charge in [-0.05, 0) is 18.2 Å². The molecule has 0 unspecified atom stereocenters. The molecule has 0 spiro atoms. The van der Waals surface area contributed by atoms with Gasteiger partial charge in [-0.1, -0.05) is 28.1 Å². The zero-order chi connectivity index (χ0) is 14.4. The smallest absolute Gasteiger partial charge is 0.219 e. The van der Waals surface area contributed by atoms with Crippen molar-refractivity contribution < 1.29 is 14.2 Å². The van der Waals surface area contributed by atoms with Crippen molar-refractivity contribution in [2.45, 2.75) is 11.9 Å². The average molecular weight is 338 g/mol. The van der Waals surface area contributed by atoms with Crippen molar-refractivity contribution in [3.63, 3.8) is 0 Å². The SMILES string of the molecule is COc1cccc(CBr)c1OCc1cccnc1OC. The molecule has 0 bridgehead atoms. The molecular formula is C15H16BrNO3. The standard InChI is InChI=1S/C15H16BrNO3/c1-18-13-7-3-5-11(9-16)14(13)20-10-12-6-4-8-17-15(12)19-2/h3-8H,9-10H2,1-2H3. The van der Waals surface area contributed by atoms with E-state index in [-0.39, 0.29) is 0 Å². The van der Waals surface area contributed by atoms with Crippen molar-refractivity contribution in [3.05, 3.63) is 47.7 Å². The maximum atomic E-state index is 5.90. The summed E-state index contributed by atoms with van der Waals surface area (Å²) in [6.45, 7) is 0.372. The Balaban J connectivity index is 2.22. The lowest BCUT2D eigenvalue weighted by molar-refractivity contribution is 0.274. The van der Waals surface area contributed by atoms with Gasteiger partial charge in [-0.2, -0.15) is 0 Å². The van der Waals surface area contributed by atoms with Crippen LogP contribution in [-0.2, 0) is 11.9 Å². The van der Waals surface area contributed by atoms with Gasteiger partial charge in [-0.15, -0.1) is 0 Å². The molecule has 1 aromatic carbocycles. The molecule has 0 amide bonds. The highest BCUT2D eigenvalue weighted by molar-refractivity contribution is 9.08. The van der Waals surface area contributed by atoms with Crippen LogP contribution in [0.2, 0.25) is 0 Å². The number of para-hydroxylation sites is 1. The summed E-state index contributed by atoms with van der Waals surface area (Å²) >= 11 is 3.45. The van der Waals surface area contributed by atoms with E-state index < -0.39 is 0 Å². The van der Waals surface area contributed by atoms with E-state index in [9.17, 15) is 0 Å². The van der Waals surface area contributed by atoms with Gasteiger partial charge in [0.05, 0.1) is 19.8 Å². The van der Waals surface area contributed by atoms with Crippen molar-refractivity contribution in [3.8, 4) is 17.4 Å². The van der Waals surface area contributed by atoms with Gasteiger partial charge >= 0.3 is 0 Å². The van der Waals surface area contributed by atoms with E-state index in [2.05, 4.69) is 20.9 Å². The second-order valence-electron chi connectivity index (χ2n) is 4.04. The Morgan fingerprint density at radius 3 is 2.55 bits per heavy atom. The minimum absolute atomic E-state index is 0.372. The molecule has 0 saturated heterocycles. The maximum Gasteiger partial charge on any atom is 0.219 e. The van der Waals surface area contributed by atoms with Crippen LogP contribution in [0.3, 0.4) is 0 Å².